The second-order valence-electron chi connectivity index (χ2n) is 2.62. The van der Waals surface area contributed by atoms with Gasteiger partial charge in [-0.3, -0.25) is 0 Å². The van der Waals surface area contributed by atoms with Gasteiger partial charge in [-0.25, -0.2) is 9.78 Å². The summed E-state index contributed by atoms with van der Waals surface area (Å²) >= 11 is 4.68. The van der Waals surface area contributed by atoms with Gasteiger partial charge in [-0.1, -0.05) is 15.9 Å². The molecule has 0 fully saturated rings. The summed E-state index contributed by atoms with van der Waals surface area (Å²) in [5.41, 5.74) is 0.810. The minimum atomic E-state index is -0.387. The number of nitrogens with zero attached hydrogens (tertiary/aromatic N) is 1. The number of thiazole rings is 1. The van der Waals surface area contributed by atoms with Crippen LogP contribution in [0.3, 0.4) is 0 Å². The summed E-state index contributed by atoms with van der Waals surface area (Å²) in [6, 6.07) is 5.71. The van der Waals surface area contributed by atoms with E-state index in [1.165, 1.54) is 18.4 Å². The van der Waals surface area contributed by atoms with Gasteiger partial charge >= 0.3 is 5.97 Å². The number of halogens is 1. The van der Waals surface area contributed by atoms with Gasteiger partial charge < -0.3 is 4.74 Å². The van der Waals surface area contributed by atoms with Crippen molar-refractivity contribution < 1.29 is 9.53 Å². The summed E-state index contributed by atoms with van der Waals surface area (Å²) in [5.74, 6) is -0.387. The highest BCUT2D eigenvalue weighted by atomic mass is 79.9. The van der Waals surface area contributed by atoms with Crippen LogP contribution in [-0.4, -0.2) is 18.1 Å². The number of esters is 1. The number of hydrogen-bond acceptors (Lipinski definition) is 4. The van der Waals surface area contributed by atoms with E-state index in [1.807, 2.05) is 18.2 Å². The van der Waals surface area contributed by atoms with Gasteiger partial charge in [-0.05, 0) is 18.2 Å². The quantitative estimate of drug-likeness (QED) is 0.749. The highest BCUT2D eigenvalue weighted by molar-refractivity contribution is 9.10. The Bertz CT molecular complexity index is 495. The molecular formula is C9H6BrNO2S. The Morgan fingerprint density at radius 2 is 2.36 bits per heavy atom. The van der Waals surface area contributed by atoms with Gasteiger partial charge in [-0.2, -0.15) is 0 Å². The van der Waals surface area contributed by atoms with E-state index in [9.17, 15) is 4.79 Å². The fraction of sp³-hybridized carbons (Fsp3) is 0.111. The Kier molecular flexibility index (Phi) is 2.52. The Morgan fingerprint density at radius 1 is 1.57 bits per heavy atom. The van der Waals surface area contributed by atoms with Crippen molar-refractivity contribution in [3.05, 3.63) is 27.7 Å². The zero-order chi connectivity index (χ0) is 10.1. The topological polar surface area (TPSA) is 39.2 Å². The van der Waals surface area contributed by atoms with Crippen LogP contribution >= 0.6 is 27.3 Å². The molecule has 0 bridgehead atoms. The molecule has 0 radical (unpaired) electrons. The lowest BCUT2D eigenvalue weighted by molar-refractivity contribution is 0.0600. The summed E-state index contributed by atoms with van der Waals surface area (Å²) in [7, 11) is 1.35. The predicted octanol–water partition coefficient (Wildman–Crippen LogP) is 2.85. The van der Waals surface area contributed by atoms with Crippen LogP contribution in [0.4, 0.5) is 0 Å². The molecule has 1 aromatic carbocycles. The number of ether oxygens (including phenoxy) is 1. The minimum Gasteiger partial charge on any atom is -0.464 e. The third-order valence-electron chi connectivity index (χ3n) is 1.71. The second kappa shape index (κ2) is 3.67. The number of benzene rings is 1. The first-order valence-electron chi connectivity index (χ1n) is 3.85. The lowest BCUT2D eigenvalue weighted by atomic mass is 10.3. The average Bonchev–Trinajstić information content (AvgIpc) is 2.59. The molecule has 0 saturated heterocycles. The summed E-state index contributed by atoms with van der Waals surface area (Å²) in [6.45, 7) is 0. The van der Waals surface area contributed by atoms with Crippen molar-refractivity contribution in [3.63, 3.8) is 0 Å². The number of fused-ring (bicyclic) bond motifs is 1. The molecular weight excluding hydrogens is 266 g/mol. The van der Waals surface area contributed by atoms with E-state index >= 15 is 0 Å². The van der Waals surface area contributed by atoms with Crippen LogP contribution in [-0.2, 0) is 4.74 Å². The molecule has 2 rings (SSSR count). The third-order valence-corrected chi connectivity index (χ3v) is 3.22. The molecule has 0 spiro atoms. The molecule has 0 atom stereocenters. The van der Waals surface area contributed by atoms with Crippen LogP contribution in [0.25, 0.3) is 10.2 Å². The lowest BCUT2D eigenvalue weighted by Gasteiger charge is -1.89. The summed E-state index contributed by atoms with van der Waals surface area (Å²) in [5, 5.41) is 0.389. The van der Waals surface area contributed by atoms with E-state index in [1.54, 1.807) is 0 Å². The maximum Gasteiger partial charge on any atom is 0.367 e. The molecule has 3 nitrogen and oxygen atoms in total. The maximum atomic E-state index is 11.2. The molecule has 14 heavy (non-hydrogen) atoms. The third kappa shape index (κ3) is 1.65. The number of methoxy groups -OCH3 is 1. The number of carbonyl (C=O) groups excluding carboxylic acids is 1. The van der Waals surface area contributed by atoms with Crippen LogP contribution in [0.15, 0.2) is 22.7 Å². The van der Waals surface area contributed by atoms with Gasteiger partial charge in [0.2, 0.25) is 5.01 Å². The van der Waals surface area contributed by atoms with E-state index < -0.39 is 0 Å². The van der Waals surface area contributed by atoms with Crippen LogP contribution in [0.1, 0.15) is 9.80 Å². The number of aromatic nitrogens is 1. The van der Waals surface area contributed by atoms with Gasteiger partial charge in [0.05, 0.1) is 17.3 Å². The fourth-order valence-corrected chi connectivity index (χ4v) is 2.29. The SMILES string of the molecule is COC(=O)c1nc2cc(Br)ccc2s1. The Labute approximate surface area is 92.8 Å². The summed E-state index contributed by atoms with van der Waals surface area (Å²) < 4.78 is 6.52. The van der Waals surface area contributed by atoms with Crippen molar-refractivity contribution in [2.75, 3.05) is 7.11 Å². The monoisotopic (exact) mass is 271 g/mol. The van der Waals surface area contributed by atoms with E-state index in [0.29, 0.717) is 5.01 Å². The minimum absolute atomic E-state index is 0.387. The van der Waals surface area contributed by atoms with Crippen LogP contribution < -0.4 is 0 Å². The molecule has 72 valence electrons. The first-order chi connectivity index (χ1) is 6.70. The molecule has 0 saturated carbocycles. The van der Waals surface area contributed by atoms with Gasteiger partial charge in [0.1, 0.15) is 0 Å². The average molecular weight is 272 g/mol. The smallest absolute Gasteiger partial charge is 0.367 e. The van der Waals surface area contributed by atoms with Gasteiger partial charge in [-0.15, -0.1) is 11.3 Å². The molecule has 0 aliphatic carbocycles. The Hall–Kier alpha value is -0.940. The summed E-state index contributed by atoms with van der Waals surface area (Å²) in [6.07, 6.45) is 0. The molecule has 0 aliphatic heterocycles. The number of carbonyl (C=O) groups is 1. The zero-order valence-corrected chi connectivity index (χ0v) is 9.68. The Morgan fingerprint density at radius 3 is 3.07 bits per heavy atom. The van der Waals surface area contributed by atoms with Crippen LogP contribution in [0, 0.1) is 0 Å². The molecule has 0 unspecified atom stereocenters. The van der Waals surface area contributed by atoms with Gasteiger partial charge in [0, 0.05) is 4.47 Å². The zero-order valence-electron chi connectivity index (χ0n) is 7.28. The van der Waals surface area contributed by atoms with E-state index in [2.05, 4.69) is 25.7 Å². The van der Waals surface area contributed by atoms with Crippen molar-refractivity contribution in [1.29, 1.82) is 0 Å². The fourth-order valence-electron chi connectivity index (χ4n) is 1.08. The van der Waals surface area contributed by atoms with Crippen molar-refractivity contribution in [3.8, 4) is 0 Å². The number of rotatable bonds is 1. The summed E-state index contributed by atoms with van der Waals surface area (Å²) in [4.78, 5) is 15.3. The molecule has 5 heteroatoms. The van der Waals surface area contributed by atoms with Crippen molar-refractivity contribution in [2.45, 2.75) is 0 Å². The van der Waals surface area contributed by atoms with E-state index in [0.717, 1.165) is 14.7 Å². The normalized spacial score (nSPS) is 10.4. The largest absolute Gasteiger partial charge is 0.464 e. The first kappa shape index (κ1) is 9.61. The van der Waals surface area contributed by atoms with Gasteiger partial charge in [0.15, 0.2) is 0 Å². The molecule has 1 aromatic heterocycles. The van der Waals surface area contributed by atoms with Crippen molar-refractivity contribution in [1.82, 2.24) is 4.98 Å². The molecule has 1 heterocycles. The van der Waals surface area contributed by atoms with Gasteiger partial charge in [0.25, 0.3) is 0 Å². The first-order valence-corrected chi connectivity index (χ1v) is 5.46. The lowest BCUT2D eigenvalue weighted by Crippen LogP contribution is -1.99. The number of hydrogen-bond donors (Lipinski definition) is 0. The highest BCUT2D eigenvalue weighted by Gasteiger charge is 2.11. The molecule has 0 N–H and O–H groups in total. The van der Waals surface area contributed by atoms with Crippen molar-refractivity contribution >= 4 is 43.5 Å². The van der Waals surface area contributed by atoms with E-state index in [4.69, 9.17) is 0 Å². The molecule has 2 aromatic rings. The second-order valence-corrected chi connectivity index (χ2v) is 4.57. The Balaban J connectivity index is 2.56. The molecule has 0 aliphatic rings. The van der Waals surface area contributed by atoms with E-state index in [-0.39, 0.29) is 5.97 Å². The highest BCUT2D eigenvalue weighted by Crippen LogP contribution is 2.25. The van der Waals surface area contributed by atoms with Crippen LogP contribution in [0.5, 0.6) is 0 Å². The maximum absolute atomic E-state index is 11.2. The standard InChI is InChI=1S/C9H6BrNO2S/c1-13-9(12)8-11-6-4-5(10)2-3-7(6)14-8/h2-4H,1H3. The van der Waals surface area contributed by atoms with Crippen LogP contribution in [0.2, 0.25) is 0 Å². The van der Waals surface area contributed by atoms with Crippen molar-refractivity contribution in [2.24, 2.45) is 0 Å². The predicted molar refractivity (Wildman–Crippen MR) is 58.7 cm³/mol. The molecule has 0 amide bonds.